The highest BCUT2D eigenvalue weighted by Crippen LogP contribution is 2.45. The van der Waals surface area contributed by atoms with Crippen LogP contribution < -0.4 is 0 Å². The summed E-state index contributed by atoms with van der Waals surface area (Å²) in [7, 11) is -9.91. The van der Waals surface area contributed by atoms with Crippen LogP contribution in [-0.2, 0) is 65.4 Å². The molecule has 0 aliphatic rings. The Morgan fingerprint density at radius 1 is 0.304 bits per heavy atom. The van der Waals surface area contributed by atoms with Crippen LogP contribution in [0.2, 0.25) is 0 Å². The normalized spacial score (nSPS) is 15.0. The third-order valence-corrected chi connectivity index (χ3v) is 19.9. The summed E-state index contributed by atoms with van der Waals surface area (Å²) >= 11 is 0. The second kappa shape index (κ2) is 63.8. The average molecular weight is 1350 g/mol. The fraction of sp³-hybridized carbons (Fsp3) is 0.945. The number of hydrogen-bond acceptors (Lipinski definition) is 15. The van der Waals surface area contributed by atoms with E-state index in [0.29, 0.717) is 25.7 Å². The molecule has 92 heavy (non-hydrogen) atoms. The summed E-state index contributed by atoms with van der Waals surface area (Å²) in [4.78, 5) is 72.6. The van der Waals surface area contributed by atoms with E-state index in [-0.39, 0.29) is 25.7 Å². The molecule has 0 aliphatic heterocycles. The Bertz CT molecular complexity index is 1810. The van der Waals surface area contributed by atoms with Crippen molar-refractivity contribution in [3.63, 3.8) is 0 Å². The largest absolute Gasteiger partial charge is 0.472 e. The predicted molar refractivity (Wildman–Crippen MR) is 372 cm³/mol. The highest BCUT2D eigenvalue weighted by molar-refractivity contribution is 7.47. The van der Waals surface area contributed by atoms with Gasteiger partial charge in [0.15, 0.2) is 12.2 Å². The molecule has 0 amide bonds. The van der Waals surface area contributed by atoms with Crippen LogP contribution >= 0.6 is 15.6 Å². The lowest BCUT2D eigenvalue weighted by molar-refractivity contribution is -0.161. The number of phosphoric acid groups is 2. The van der Waals surface area contributed by atoms with E-state index in [0.717, 1.165) is 114 Å². The molecule has 19 heteroatoms. The fourth-order valence-electron chi connectivity index (χ4n) is 11.0. The second-order valence-corrected chi connectivity index (χ2v) is 30.0. The SMILES string of the molecule is CCCCCCCCCCCCCCCCCCCCCCC(=O)O[C@H](COC(=O)CCCCCCCCCCC(C)CC)COP(=O)(O)OC[C@@H](O)COP(=O)(O)OC[C@@H](COC(=O)CCCCCCCCC(C)CC)OC(=O)CCCCCCCCC(C)CC. The molecule has 5 unspecified atom stereocenters. The van der Waals surface area contributed by atoms with E-state index in [1.54, 1.807) is 0 Å². The van der Waals surface area contributed by atoms with Crippen molar-refractivity contribution in [1.82, 2.24) is 0 Å². The molecule has 0 radical (unpaired) electrons. The summed E-state index contributed by atoms with van der Waals surface area (Å²) in [5.41, 5.74) is 0. The molecule has 0 aromatic rings. The molecular weight excluding hydrogens is 1210 g/mol. The molecule has 8 atom stereocenters. The van der Waals surface area contributed by atoms with Crippen molar-refractivity contribution in [3.05, 3.63) is 0 Å². The minimum atomic E-state index is -4.96. The summed E-state index contributed by atoms with van der Waals surface area (Å²) in [5, 5.41) is 10.6. The van der Waals surface area contributed by atoms with E-state index in [2.05, 4.69) is 48.5 Å². The maximum absolute atomic E-state index is 13.1. The van der Waals surface area contributed by atoms with Gasteiger partial charge >= 0.3 is 39.5 Å². The number of phosphoric ester groups is 2. The monoisotopic (exact) mass is 1350 g/mol. The number of aliphatic hydroxyl groups is 1. The molecule has 0 rings (SSSR count). The highest BCUT2D eigenvalue weighted by atomic mass is 31.2. The van der Waals surface area contributed by atoms with Crippen LogP contribution in [0.4, 0.5) is 0 Å². The first-order chi connectivity index (χ1) is 44.3. The summed E-state index contributed by atoms with van der Waals surface area (Å²) in [6.07, 6.45) is 48.8. The topological polar surface area (TPSA) is 237 Å². The fourth-order valence-corrected chi connectivity index (χ4v) is 12.6. The average Bonchev–Trinajstić information content (AvgIpc) is 3.68. The van der Waals surface area contributed by atoms with Gasteiger partial charge in [-0.25, -0.2) is 9.13 Å². The van der Waals surface area contributed by atoms with Crippen LogP contribution in [0.1, 0.15) is 370 Å². The summed E-state index contributed by atoms with van der Waals surface area (Å²) in [6.45, 7) is 11.8. The summed E-state index contributed by atoms with van der Waals surface area (Å²) in [6, 6.07) is 0. The van der Waals surface area contributed by atoms with Crippen LogP contribution in [-0.4, -0.2) is 96.7 Å². The van der Waals surface area contributed by atoms with Gasteiger partial charge in [-0.15, -0.1) is 0 Å². The zero-order valence-electron chi connectivity index (χ0n) is 60.0. The van der Waals surface area contributed by atoms with Crippen molar-refractivity contribution in [1.29, 1.82) is 0 Å². The third kappa shape index (κ3) is 62.8. The van der Waals surface area contributed by atoms with Crippen molar-refractivity contribution >= 4 is 39.5 Å². The summed E-state index contributed by atoms with van der Waals surface area (Å²) < 4.78 is 68.3. The summed E-state index contributed by atoms with van der Waals surface area (Å²) in [5.74, 6) is 0.100. The maximum Gasteiger partial charge on any atom is 0.472 e. The number of unbranched alkanes of at least 4 members (excludes halogenated alkanes) is 36. The third-order valence-electron chi connectivity index (χ3n) is 18.0. The van der Waals surface area contributed by atoms with Gasteiger partial charge in [0.25, 0.3) is 0 Å². The number of carbonyl (C=O) groups is 4. The Hall–Kier alpha value is -1.94. The minimum Gasteiger partial charge on any atom is -0.462 e. The minimum absolute atomic E-state index is 0.102. The molecule has 0 saturated carbocycles. The first kappa shape index (κ1) is 90.1. The molecule has 0 aromatic carbocycles. The highest BCUT2D eigenvalue weighted by Gasteiger charge is 2.30. The molecule has 0 aliphatic carbocycles. The van der Waals surface area contributed by atoms with Crippen LogP contribution in [0.3, 0.4) is 0 Å². The number of esters is 4. The van der Waals surface area contributed by atoms with E-state index < -0.39 is 97.5 Å². The van der Waals surface area contributed by atoms with Crippen LogP contribution in [0.25, 0.3) is 0 Å². The second-order valence-electron chi connectivity index (χ2n) is 27.1. The quantitative estimate of drug-likeness (QED) is 0.0222. The van der Waals surface area contributed by atoms with E-state index in [9.17, 15) is 43.2 Å². The zero-order chi connectivity index (χ0) is 68.0. The molecule has 546 valence electrons. The number of aliphatic hydroxyl groups excluding tert-OH is 1. The van der Waals surface area contributed by atoms with E-state index >= 15 is 0 Å². The Morgan fingerprint density at radius 3 is 0.772 bits per heavy atom. The molecule has 0 fully saturated rings. The number of rotatable bonds is 71. The molecule has 0 saturated heterocycles. The Kier molecular flexibility index (Phi) is 62.4. The van der Waals surface area contributed by atoms with Crippen molar-refractivity contribution in [3.8, 4) is 0 Å². The lowest BCUT2D eigenvalue weighted by Gasteiger charge is -2.21. The maximum atomic E-state index is 13.1. The predicted octanol–water partition coefficient (Wildman–Crippen LogP) is 21.0. The van der Waals surface area contributed by atoms with E-state index in [1.165, 1.54) is 173 Å². The number of hydrogen-bond donors (Lipinski definition) is 3. The van der Waals surface area contributed by atoms with Gasteiger partial charge in [-0.05, 0) is 43.4 Å². The van der Waals surface area contributed by atoms with E-state index in [1.807, 2.05) is 0 Å². The Balaban J connectivity index is 5.21. The lowest BCUT2D eigenvalue weighted by Crippen LogP contribution is -2.30. The van der Waals surface area contributed by atoms with Gasteiger partial charge < -0.3 is 33.8 Å². The Morgan fingerprint density at radius 2 is 0.522 bits per heavy atom. The van der Waals surface area contributed by atoms with Crippen molar-refractivity contribution < 1.29 is 80.2 Å². The first-order valence-electron chi connectivity index (χ1n) is 38.0. The van der Waals surface area contributed by atoms with Gasteiger partial charge in [0.05, 0.1) is 26.4 Å². The van der Waals surface area contributed by atoms with E-state index in [4.69, 9.17) is 37.0 Å². The molecule has 0 spiro atoms. The van der Waals surface area contributed by atoms with Crippen LogP contribution in [0.15, 0.2) is 0 Å². The van der Waals surface area contributed by atoms with Crippen LogP contribution in [0.5, 0.6) is 0 Å². The smallest absolute Gasteiger partial charge is 0.462 e. The van der Waals surface area contributed by atoms with Crippen molar-refractivity contribution in [2.45, 2.75) is 388 Å². The molecule has 0 bridgehead atoms. The molecule has 0 heterocycles. The lowest BCUT2D eigenvalue weighted by atomic mass is 9.99. The van der Waals surface area contributed by atoms with Crippen molar-refractivity contribution in [2.24, 2.45) is 17.8 Å². The van der Waals surface area contributed by atoms with Gasteiger partial charge in [-0.3, -0.25) is 37.3 Å². The standard InChI is InChI=1S/C73H142O17P2/c1-8-12-13-14-15-16-17-18-19-20-21-22-23-24-25-26-27-32-42-49-56-72(77)89-68(60-83-70(75)54-47-40-31-29-28-30-37-44-51-64(5)9-2)62-87-91(79,80)85-58-67(74)59-86-92(81,82)88-63-69(90-73(78)57-50-43-36-34-39-46-53-66(7)11-4)61-84-71(76)55-48-41-35-33-38-45-52-65(6)10-3/h64-69,74H,8-63H2,1-7H3,(H,79,80)(H,81,82)/t64?,65?,66?,67-,68-,69-/m1/s1. The number of ether oxygens (including phenoxy) is 4. The Labute approximate surface area is 562 Å². The van der Waals surface area contributed by atoms with Gasteiger partial charge in [0.1, 0.15) is 19.3 Å². The zero-order valence-corrected chi connectivity index (χ0v) is 61.8. The van der Waals surface area contributed by atoms with Gasteiger partial charge in [0, 0.05) is 25.7 Å². The first-order valence-corrected chi connectivity index (χ1v) is 41.0. The van der Waals surface area contributed by atoms with Crippen molar-refractivity contribution in [2.75, 3.05) is 39.6 Å². The number of carbonyl (C=O) groups excluding carboxylic acids is 4. The van der Waals surface area contributed by atoms with Gasteiger partial charge in [-0.1, -0.05) is 318 Å². The van der Waals surface area contributed by atoms with Crippen LogP contribution in [0, 0.1) is 17.8 Å². The molecule has 17 nitrogen and oxygen atoms in total. The van der Waals surface area contributed by atoms with Gasteiger partial charge in [0.2, 0.25) is 0 Å². The molecule has 0 aromatic heterocycles. The van der Waals surface area contributed by atoms with Gasteiger partial charge in [-0.2, -0.15) is 0 Å². The molecular formula is C73H142O17P2. The molecule has 3 N–H and O–H groups in total.